The molecule has 0 aromatic heterocycles. The van der Waals surface area contributed by atoms with Gasteiger partial charge in [-0.25, -0.2) is 8.78 Å². The molecule has 2 aliphatic rings. The van der Waals surface area contributed by atoms with Crippen molar-refractivity contribution in [1.82, 2.24) is 0 Å². The molecule has 160 valence electrons. The van der Waals surface area contributed by atoms with Gasteiger partial charge in [0.25, 0.3) is 0 Å². The third-order valence-corrected chi connectivity index (χ3v) is 7.02. The van der Waals surface area contributed by atoms with Crippen LogP contribution in [0.1, 0.15) is 66.2 Å². The Morgan fingerprint density at radius 3 is 2.40 bits per heavy atom. The summed E-state index contributed by atoms with van der Waals surface area (Å²) in [5.41, 5.74) is 1.60. The van der Waals surface area contributed by atoms with Crippen LogP contribution in [0, 0.1) is 23.5 Å². The zero-order chi connectivity index (χ0) is 21.5. The first-order valence-electron chi connectivity index (χ1n) is 10.6. The standard InChI is InChI=1S/C25H25F5/c1-2-3-4-15-7-10-19-21(12-11-20-22(19)13-18(26)14-23(20)27)24(15)16-5-8-17(9-6-16)25(28,29)30/h2,5-6,8-9,13-15,19,21,24H,1,3-4,7,10-12H2/t15-,19-,21+,24-/m1/s1. The van der Waals surface area contributed by atoms with E-state index in [9.17, 15) is 22.0 Å². The maximum atomic E-state index is 14.4. The molecule has 1 saturated carbocycles. The zero-order valence-corrected chi connectivity index (χ0v) is 16.7. The lowest BCUT2D eigenvalue weighted by Crippen LogP contribution is -2.35. The fraction of sp³-hybridized carbons (Fsp3) is 0.440. The Bertz CT molecular complexity index is 912. The number of benzene rings is 2. The van der Waals surface area contributed by atoms with Crippen LogP contribution in [0.2, 0.25) is 0 Å². The lowest BCUT2D eigenvalue weighted by molar-refractivity contribution is -0.137. The number of allylic oxidation sites excluding steroid dienone is 1. The molecule has 0 bridgehead atoms. The molecule has 0 saturated heterocycles. The van der Waals surface area contributed by atoms with Crippen molar-refractivity contribution in [2.45, 2.75) is 56.5 Å². The lowest BCUT2D eigenvalue weighted by atomic mass is 9.57. The summed E-state index contributed by atoms with van der Waals surface area (Å²) in [5, 5.41) is 0. The molecule has 0 heterocycles. The van der Waals surface area contributed by atoms with Crippen LogP contribution >= 0.6 is 0 Å². The van der Waals surface area contributed by atoms with Gasteiger partial charge in [0, 0.05) is 6.07 Å². The van der Waals surface area contributed by atoms with Crippen LogP contribution in [-0.4, -0.2) is 0 Å². The van der Waals surface area contributed by atoms with Gasteiger partial charge in [-0.05, 0) is 97.1 Å². The molecule has 0 spiro atoms. The highest BCUT2D eigenvalue weighted by molar-refractivity contribution is 5.38. The van der Waals surface area contributed by atoms with Gasteiger partial charge >= 0.3 is 6.18 Å². The molecule has 0 aliphatic heterocycles. The van der Waals surface area contributed by atoms with E-state index in [0.717, 1.165) is 61.4 Å². The van der Waals surface area contributed by atoms with Gasteiger partial charge in [-0.2, -0.15) is 13.2 Å². The Morgan fingerprint density at radius 2 is 1.73 bits per heavy atom. The monoisotopic (exact) mass is 420 g/mol. The van der Waals surface area contributed by atoms with Gasteiger partial charge in [-0.15, -0.1) is 6.58 Å². The third kappa shape index (κ3) is 3.91. The van der Waals surface area contributed by atoms with Crippen molar-refractivity contribution in [1.29, 1.82) is 0 Å². The van der Waals surface area contributed by atoms with Crippen molar-refractivity contribution in [2.75, 3.05) is 0 Å². The molecular formula is C25H25F5. The Labute approximate surface area is 173 Å². The average molecular weight is 420 g/mol. The normalized spacial score (nSPS) is 26.0. The Kier molecular flexibility index (Phi) is 5.73. The molecular weight excluding hydrogens is 395 g/mol. The zero-order valence-electron chi connectivity index (χ0n) is 16.7. The average Bonchev–Trinajstić information content (AvgIpc) is 2.70. The highest BCUT2D eigenvalue weighted by Crippen LogP contribution is 2.55. The van der Waals surface area contributed by atoms with Crippen molar-refractivity contribution in [3.8, 4) is 0 Å². The number of hydrogen-bond donors (Lipinski definition) is 0. The van der Waals surface area contributed by atoms with Crippen LogP contribution in [0.15, 0.2) is 49.1 Å². The van der Waals surface area contributed by atoms with Crippen molar-refractivity contribution < 1.29 is 22.0 Å². The van der Waals surface area contributed by atoms with E-state index in [0.29, 0.717) is 17.9 Å². The van der Waals surface area contributed by atoms with E-state index in [1.165, 1.54) is 6.07 Å². The fourth-order valence-corrected chi connectivity index (χ4v) is 5.75. The summed E-state index contributed by atoms with van der Waals surface area (Å²) in [6.45, 7) is 3.80. The third-order valence-electron chi connectivity index (χ3n) is 7.02. The van der Waals surface area contributed by atoms with E-state index in [2.05, 4.69) is 6.58 Å². The van der Waals surface area contributed by atoms with E-state index in [1.807, 2.05) is 6.08 Å². The Hall–Kier alpha value is -2.17. The van der Waals surface area contributed by atoms with E-state index in [1.54, 1.807) is 12.1 Å². The topological polar surface area (TPSA) is 0 Å². The maximum Gasteiger partial charge on any atom is 0.416 e. The van der Waals surface area contributed by atoms with Gasteiger partial charge in [0.15, 0.2) is 0 Å². The molecule has 2 aromatic carbocycles. The van der Waals surface area contributed by atoms with Crippen LogP contribution in [-0.2, 0) is 12.6 Å². The van der Waals surface area contributed by atoms with E-state index in [-0.39, 0.29) is 17.8 Å². The summed E-state index contributed by atoms with van der Waals surface area (Å²) >= 11 is 0. The van der Waals surface area contributed by atoms with Gasteiger partial charge in [0.1, 0.15) is 11.6 Å². The quantitative estimate of drug-likeness (QED) is 0.350. The molecule has 0 nitrogen and oxygen atoms in total. The number of rotatable bonds is 4. The fourth-order valence-electron chi connectivity index (χ4n) is 5.75. The smallest absolute Gasteiger partial charge is 0.207 e. The largest absolute Gasteiger partial charge is 0.416 e. The molecule has 0 amide bonds. The van der Waals surface area contributed by atoms with E-state index in [4.69, 9.17) is 0 Å². The molecule has 0 unspecified atom stereocenters. The summed E-state index contributed by atoms with van der Waals surface area (Å²) in [6, 6.07) is 7.90. The summed E-state index contributed by atoms with van der Waals surface area (Å²) in [5.74, 6) is -0.452. The summed E-state index contributed by atoms with van der Waals surface area (Å²) in [7, 11) is 0. The molecule has 4 atom stereocenters. The second kappa shape index (κ2) is 8.16. The van der Waals surface area contributed by atoms with Crippen LogP contribution in [0.3, 0.4) is 0 Å². The minimum atomic E-state index is -4.37. The van der Waals surface area contributed by atoms with Gasteiger partial charge < -0.3 is 0 Å². The highest BCUT2D eigenvalue weighted by atomic mass is 19.4. The molecule has 5 heteroatoms. The van der Waals surface area contributed by atoms with Gasteiger partial charge in [-0.3, -0.25) is 0 Å². The second-order valence-electron chi connectivity index (χ2n) is 8.61. The Morgan fingerprint density at radius 1 is 1.00 bits per heavy atom. The van der Waals surface area contributed by atoms with Crippen molar-refractivity contribution in [3.63, 3.8) is 0 Å². The predicted octanol–water partition coefficient (Wildman–Crippen LogP) is 7.79. The first kappa shape index (κ1) is 21.1. The summed E-state index contributed by atoms with van der Waals surface area (Å²) in [4.78, 5) is 0. The van der Waals surface area contributed by atoms with Gasteiger partial charge in [0.2, 0.25) is 0 Å². The van der Waals surface area contributed by atoms with Crippen molar-refractivity contribution in [3.05, 3.63) is 82.9 Å². The van der Waals surface area contributed by atoms with Crippen LogP contribution < -0.4 is 0 Å². The number of hydrogen-bond acceptors (Lipinski definition) is 0. The second-order valence-corrected chi connectivity index (χ2v) is 8.61. The maximum absolute atomic E-state index is 14.4. The first-order valence-corrected chi connectivity index (χ1v) is 10.6. The van der Waals surface area contributed by atoms with Crippen molar-refractivity contribution >= 4 is 0 Å². The first-order chi connectivity index (χ1) is 14.3. The van der Waals surface area contributed by atoms with Crippen LogP contribution in [0.25, 0.3) is 0 Å². The minimum absolute atomic E-state index is 0.0335. The number of halogens is 5. The van der Waals surface area contributed by atoms with Crippen LogP contribution in [0.4, 0.5) is 22.0 Å². The molecule has 4 rings (SSSR count). The molecule has 2 aliphatic carbocycles. The van der Waals surface area contributed by atoms with Gasteiger partial charge in [0.05, 0.1) is 5.56 Å². The summed E-state index contributed by atoms with van der Waals surface area (Å²) in [6.07, 6.45) is 2.30. The molecule has 0 N–H and O–H groups in total. The van der Waals surface area contributed by atoms with Crippen LogP contribution in [0.5, 0.6) is 0 Å². The highest BCUT2D eigenvalue weighted by Gasteiger charge is 2.43. The molecule has 2 aromatic rings. The molecule has 1 fully saturated rings. The number of alkyl halides is 3. The van der Waals surface area contributed by atoms with Crippen molar-refractivity contribution in [2.24, 2.45) is 11.8 Å². The number of fused-ring (bicyclic) bond motifs is 3. The minimum Gasteiger partial charge on any atom is -0.207 e. The van der Waals surface area contributed by atoms with E-state index >= 15 is 0 Å². The SMILES string of the molecule is C=CCC[C@@H]1CC[C@H]2c3cc(F)cc(F)c3CC[C@@H]2[C@H]1c1ccc(C(F)(F)F)cc1. The predicted molar refractivity (Wildman–Crippen MR) is 107 cm³/mol. The molecule has 30 heavy (non-hydrogen) atoms. The summed E-state index contributed by atoms with van der Waals surface area (Å²) < 4.78 is 67.4. The van der Waals surface area contributed by atoms with Gasteiger partial charge in [-0.1, -0.05) is 18.2 Å². The van der Waals surface area contributed by atoms with E-state index < -0.39 is 23.4 Å². The molecule has 0 radical (unpaired) electrons. The Balaban J connectivity index is 1.72. The lowest BCUT2D eigenvalue weighted by Gasteiger charge is -2.47.